The van der Waals surface area contributed by atoms with Gasteiger partial charge in [0.15, 0.2) is 12.2 Å². The molecule has 2 aromatic carbocycles. The van der Waals surface area contributed by atoms with Gasteiger partial charge in [-0.15, -0.1) is 0 Å². The van der Waals surface area contributed by atoms with Crippen molar-refractivity contribution in [3.05, 3.63) is 60.7 Å². The molecule has 1 aliphatic heterocycles. The Labute approximate surface area is 232 Å². The fraction of sp³-hybridized carbons (Fsp3) is 0.552. The molecule has 0 N–H and O–H groups in total. The number of rotatable bonds is 17. The number of hydrogen-bond acceptors (Lipinski definition) is 9. The Morgan fingerprint density at radius 2 is 1.28 bits per heavy atom. The van der Waals surface area contributed by atoms with Gasteiger partial charge in [0.05, 0.1) is 33.0 Å². The lowest BCUT2D eigenvalue weighted by atomic mass is 10.1. The third-order valence-corrected chi connectivity index (χ3v) is 11.6. The minimum absolute atomic E-state index is 0.0508. The minimum atomic E-state index is -2.85. The summed E-state index contributed by atoms with van der Waals surface area (Å²) in [7, 11) is 0.329. The van der Waals surface area contributed by atoms with Crippen LogP contribution in [-0.2, 0) is 42.4 Å². The molecule has 216 valence electrons. The van der Waals surface area contributed by atoms with Gasteiger partial charge in [-0.3, -0.25) is 0 Å². The third kappa shape index (κ3) is 8.18. The molecule has 1 fully saturated rings. The molecule has 0 spiro atoms. The fourth-order valence-corrected chi connectivity index (χ4v) is 9.29. The highest BCUT2D eigenvalue weighted by Gasteiger charge is 2.53. The van der Waals surface area contributed by atoms with E-state index in [4.69, 9.17) is 37.6 Å². The zero-order valence-electron chi connectivity index (χ0n) is 23.6. The number of hydrogen-bond donors (Lipinski definition) is 0. The smallest absolute Gasteiger partial charge is 0.338 e. The van der Waals surface area contributed by atoms with Crippen molar-refractivity contribution in [3.63, 3.8) is 0 Å². The number of esters is 1. The van der Waals surface area contributed by atoms with Crippen LogP contribution in [0.25, 0.3) is 0 Å². The molecule has 0 saturated carbocycles. The Morgan fingerprint density at radius 1 is 0.769 bits per heavy atom. The topological polar surface area (TPSA) is 90.9 Å². The molecule has 1 aliphatic rings. The van der Waals surface area contributed by atoms with E-state index < -0.39 is 32.6 Å². The van der Waals surface area contributed by atoms with Crippen molar-refractivity contribution in [3.8, 4) is 0 Å². The summed E-state index contributed by atoms with van der Waals surface area (Å²) in [5.41, 5.74) is 0. The van der Waals surface area contributed by atoms with Crippen molar-refractivity contribution in [2.24, 2.45) is 0 Å². The molecular weight excluding hydrogens is 520 g/mol. The van der Waals surface area contributed by atoms with Crippen LogP contribution in [0.2, 0.25) is 5.04 Å². The van der Waals surface area contributed by atoms with Gasteiger partial charge in [0, 0.05) is 14.2 Å². The third-order valence-electron chi connectivity index (χ3n) is 6.58. The molecular formula is C29H42O9Si. The highest BCUT2D eigenvalue weighted by atomic mass is 28.4. The summed E-state index contributed by atoms with van der Waals surface area (Å²) in [6.07, 6.45) is -2.43. The average molecular weight is 563 g/mol. The largest absolute Gasteiger partial charge is 0.455 e. The first-order valence-electron chi connectivity index (χ1n) is 13.2. The molecule has 0 bridgehead atoms. The predicted octanol–water partition coefficient (Wildman–Crippen LogP) is 2.50. The Balaban J connectivity index is 1.84. The maximum absolute atomic E-state index is 12.9. The van der Waals surface area contributed by atoms with Crippen molar-refractivity contribution in [1.29, 1.82) is 0 Å². The first-order chi connectivity index (χ1) is 18.8. The number of carbonyl (C=O) groups is 1. The molecule has 0 radical (unpaired) electrons. The molecule has 3 rings (SSSR count). The molecule has 0 amide bonds. The molecule has 1 heterocycles. The van der Waals surface area contributed by atoms with E-state index >= 15 is 0 Å². The number of carbonyl (C=O) groups excluding carboxylic acids is 1. The van der Waals surface area contributed by atoms with E-state index in [9.17, 15) is 4.79 Å². The van der Waals surface area contributed by atoms with Crippen molar-refractivity contribution < 1.29 is 42.4 Å². The number of methoxy groups -OCH3 is 2. The molecule has 10 heteroatoms. The average Bonchev–Trinajstić information content (AvgIpc) is 3.23. The summed E-state index contributed by atoms with van der Waals surface area (Å²) < 4.78 is 45.5. The van der Waals surface area contributed by atoms with Gasteiger partial charge in [-0.05, 0) is 15.4 Å². The van der Waals surface area contributed by atoms with Crippen LogP contribution >= 0.6 is 0 Å². The Bertz CT molecular complexity index is 928. The van der Waals surface area contributed by atoms with Crippen LogP contribution in [0.15, 0.2) is 60.7 Å². The second-order valence-corrected chi connectivity index (χ2v) is 14.5. The number of ether oxygens (including phenoxy) is 7. The van der Waals surface area contributed by atoms with Crippen LogP contribution in [0.4, 0.5) is 0 Å². The molecule has 39 heavy (non-hydrogen) atoms. The van der Waals surface area contributed by atoms with Crippen molar-refractivity contribution in [2.75, 3.05) is 60.8 Å². The molecule has 0 unspecified atom stereocenters. The van der Waals surface area contributed by atoms with Gasteiger partial charge < -0.3 is 37.6 Å². The summed E-state index contributed by atoms with van der Waals surface area (Å²) >= 11 is 0. The SMILES string of the molecule is COCCOCO[C@H]1[C@H](OCOCCOC)C(=O)O[C@@H]1CO[Si](c1ccccc1)(c1ccccc1)C(C)(C)C. The molecule has 2 aromatic rings. The highest BCUT2D eigenvalue weighted by Crippen LogP contribution is 2.37. The van der Waals surface area contributed by atoms with E-state index in [1.807, 2.05) is 36.4 Å². The molecule has 1 saturated heterocycles. The van der Waals surface area contributed by atoms with Crippen LogP contribution in [0.5, 0.6) is 0 Å². The second kappa shape index (κ2) is 15.6. The quantitative estimate of drug-likeness (QED) is 0.125. The first kappa shape index (κ1) is 31.4. The maximum atomic E-state index is 12.9. The summed E-state index contributed by atoms with van der Waals surface area (Å²) in [6, 6.07) is 20.6. The predicted molar refractivity (Wildman–Crippen MR) is 149 cm³/mol. The summed E-state index contributed by atoms with van der Waals surface area (Å²) in [5, 5.41) is 2.03. The molecule has 3 atom stereocenters. The Morgan fingerprint density at radius 3 is 1.77 bits per heavy atom. The minimum Gasteiger partial charge on any atom is -0.455 e. The van der Waals surface area contributed by atoms with Crippen molar-refractivity contribution in [2.45, 2.75) is 44.1 Å². The Kier molecular flexibility index (Phi) is 12.5. The lowest BCUT2D eigenvalue weighted by molar-refractivity contribution is -0.171. The summed E-state index contributed by atoms with van der Waals surface area (Å²) in [5.74, 6) is -0.525. The van der Waals surface area contributed by atoms with Gasteiger partial charge in [0.1, 0.15) is 19.7 Å². The summed E-state index contributed by atoms with van der Waals surface area (Å²) in [4.78, 5) is 12.9. The van der Waals surface area contributed by atoms with Crippen LogP contribution in [0.3, 0.4) is 0 Å². The molecule has 9 nitrogen and oxygen atoms in total. The first-order valence-corrected chi connectivity index (χ1v) is 15.1. The van der Waals surface area contributed by atoms with Crippen molar-refractivity contribution in [1.82, 2.24) is 0 Å². The molecule has 0 aromatic heterocycles. The van der Waals surface area contributed by atoms with E-state index in [1.165, 1.54) is 0 Å². The second-order valence-electron chi connectivity index (χ2n) is 10.2. The monoisotopic (exact) mass is 562 g/mol. The zero-order valence-corrected chi connectivity index (χ0v) is 24.6. The lowest BCUT2D eigenvalue weighted by Gasteiger charge is -2.43. The van der Waals surface area contributed by atoms with Crippen LogP contribution in [0.1, 0.15) is 20.8 Å². The van der Waals surface area contributed by atoms with Gasteiger partial charge in [0.25, 0.3) is 8.32 Å². The van der Waals surface area contributed by atoms with Gasteiger partial charge in [-0.2, -0.15) is 0 Å². The standard InChI is InChI=1S/C29H42O9Si/c1-29(2,3)39(23-12-8-6-9-13-23,24-14-10-7-11-15-24)37-20-25-26(35-21-33-18-16-31-4)27(28(30)38-25)36-22-34-19-17-32-5/h6-15,25-27H,16-22H2,1-5H3/t25-,26-,27+/m1/s1. The highest BCUT2D eigenvalue weighted by molar-refractivity contribution is 6.99. The van der Waals surface area contributed by atoms with E-state index in [1.54, 1.807) is 14.2 Å². The van der Waals surface area contributed by atoms with Crippen LogP contribution in [-0.4, -0.2) is 93.4 Å². The Hall–Kier alpha value is -2.15. The fourth-order valence-electron chi connectivity index (χ4n) is 4.72. The zero-order chi connectivity index (χ0) is 28.1. The van der Waals surface area contributed by atoms with Crippen LogP contribution in [0, 0.1) is 0 Å². The van der Waals surface area contributed by atoms with E-state index in [2.05, 4.69) is 45.0 Å². The van der Waals surface area contributed by atoms with Gasteiger partial charge >= 0.3 is 5.97 Å². The molecule has 0 aliphatic carbocycles. The number of benzene rings is 2. The van der Waals surface area contributed by atoms with Gasteiger partial charge in [-0.1, -0.05) is 81.4 Å². The lowest BCUT2D eigenvalue weighted by Crippen LogP contribution is -2.67. The van der Waals surface area contributed by atoms with Gasteiger partial charge in [0.2, 0.25) is 0 Å². The van der Waals surface area contributed by atoms with E-state index in [0.717, 1.165) is 10.4 Å². The maximum Gasteiger partial charge on any atom is 0.338 e. The number of cyclic esters (lactones) is 1. The normalized spacial score (nSPS) is 19.8. The van der Waals surface area contributed by atoms with E-state index in [0.29, 0.717) is 26.4 Å². The van der Waals surface area contributed by atoms with Crippen LogP contribution < -0.4 is 10.4 Å². The van der Waals surface area contributed by atoms with Crippen molar-refractivity contribution >= 4 is 24.7 Å². The summed E-state index contributed by atoms with van der Waals surface area (Å²) in [6.45, 7) is 8.10. The van der Waals surface area contributed by atoms with Gasteiger partial charge in [-0.25, -0.2) is 4.79 Å². The van der Waals surface area contributed by atoms with E-state index in [-0.39, 0.29) is 25.2 Å².